The Balaban J connectivity index is 2.15. The zero-order valence-electron chi connectivity index (χ0n) is 10.4. The molecular formula is C15H13BrINO. The molecule has 0 bridgehead atoms. The van der Waals surface area contributed by atoms with Crippen molar-refractivity contribution in [3.8, 4) is 0 Å². The molecule has 0 aromatic heterocycles. The maximum atomic E-state index is 12.1. The molecule has 0 saturated heterocycles. The number of anilines is 1. The molecule has 0 unspecified atom stereocenters. The van der Waals surface area contributed by atoms with Crippen LogP contribution < -0.4 is 5.32 Å². The summed E-state index contributed by atoms with van der Waals surface area (Å²) in [5, 5.41) is 2.92. The average Bonchev–Trinajstić information content (AvgIpc) is 2.42. The maximum Gasteiger partial charge on any atom is 0.255 e. The number of rotatable bonds is 3. The lowest BCUT2D eigenvalue weighted by Gasteiger charge is -2.08. The van der Waals surface area contributed by atoms with Gasteiger partial charge >= 0.3 is 0 Å². The van der Waals surface area contributed by atoms with Crippen LogP contribution in [0.15, 0.2) is 46.9 Å². The van der Waals surface area contributed by atoms with E-state index >= 15 is 0 Å². The first-order chi connectivity index (χ1) is 9.10. The number of nitrogens with one attached hydrogen (secondary N) is 1. The fourth-order valence-corrected chi connectivity index (χ4v) is 3.12. The highest BCUT2D eigenvalue weighted by molar-refractivity contribution is 14.1. The van der Waals surface area contributed by atoms with Gasteiger partial charge in [0.15, 0.2) is 0 Å². The van der Waals surface area contributed by atoms with E-state index in [1.165, 1.54) is 5.56 Å². The third-order valence-corrected chi connectivity index (χ3v) is 4.19. The van der Waals surface area contributed by atoms with Crippen molar-refractivity contribution >= 4 is 50.1 Å². The zero-order valence-corrected chi connectivity index (χ0v) is 14.2. The number of amides is 1. The average molecular weight is 430 g/mol. The van der Waals surface area contributed by atoms with Crippen LogP contribution in [-0.4, -0.2) is 5.91 Å². The van der Waals surface area contributed by atoms with Crippen molar-refractivity contribution in [3.63, 3.8) is 0 Å². The van der Waals surface area contributed by atoms with E-state index in [9.17, 15) is 4.79 Å². The van der Waals surface area contributed by atoms with Gasteiger partial charge in [-0.3, -0.25) is 4.79 Å². The summed E-state index contributed by atoms with van der Waals surface area (Å²) in [4.78, 5) is 12.1. The molecule has 0 saturated carbocycles. The van der Waals surface area contributed by atoms with Crippen LogP contribution >= 0.6 is 38.5 Å². The fourth-order valence-electron chi connectivity index (χ4n) is 1.68. The van der Waals surface area contributed by atoms with Crippen LogP contribution in [0.25, 0.3) is 0 Å². The van der Waals surface area contributed by atoms with Crippen molar-refractivity contribution in [1.82, 2.24) is 0 Å². The molecule has 2 aromatic rings. The molecule has 0 aliphatic carbocycles. The summed E-state index contributed by atoms with van der Waals surface area (Å²) >= 11 is 5.61. The molecular weight excluding hydrogens is 417 g/mol. The number of benzene rings is 2. The van der Waals surface area contributed by atoms with Gasteiger partial charge in [-0.15, -0.1) is 0 Å². The molecule has 2 nitrogen and oxygen atoms in total. The second-order valence-electron chi connectivity index (χ2n) is 4.13. The standard InChI is InChI=1S/C15H13BrINO/c1-2-10-3-5-11(6-4-10)15(19)18-14-8-7-12(16)9-13(14)17/h3-9H,2H2,1H3,(H,18,19). The minimum Gasteiger partial charge on any atom is -0.321 e. The molecule has 0 heterocycles. The van der Waals surface area contributed by atoms with Gasteiger partial charge in [-0.2, -0.15) is 0 Å². The van der Waals surface area contributed by atoms with Gasteiger partial charge < -0.3 is 5.32 Å². The zero-order chi connectivity index (χ0) is 13.8. The Morgan fingerprint density at radius 3 is 2.47 bits per heavy atom. The summed E-state index contributed by atoms with van der Waals surface area (Å²) < 4.78 is 2.01. The molecule has 0 aliphatic heterocycles. The van der Waals surface area contributed by atoms with E-state index in [1.54, 1.807) is 0 Å². The predicted octanol–water partition coefficient (Wildman–Crippen LogP) is 4.87. The van der Waals surface area contributed by atoms with Gasteiger partial charge in [-0.25, -0.2) is 0 Å². The van der Waals surface area contributed by atoms with Crippen LogP contribution in [0.4, 0.5) is 5.69 Å². The Morgan fingerprint density at radius 1 is 1.21 bits per heavy atom. The molecule has 19 heavy (non-hydrogen) atoms. The van der Waals surface area contributed by atoms with Gasteiger partial charge in [0, 0.05) is 13.6 Å². The number of aryl methyl sites for hydroxylation is 1. The molecule has 98 valence electrons. The Kier molecular flexibility index (Phi) is 4.99. The maximum absolute atomic E-state index is 12.1. The second kappa shape index (κ2) is 6.52. The molecule has 0 aliphatic rings. The molecule has 2 aromatic carbocycles. The lowest BCUT2D eigenvalue weighted by Crippen LogP contribution is -2.12. The fraction of sp³-hybridized carbons (Fsp3) is 0.133. The van der Waals surface area contributed by atoms with E-state index in [4.69, 9.17) is 0 Å². The largest absolute Gasteiger partial charge is 0.321 e. The Bertz CT molecular complexity index is 596. The van der Waals surface area contributed by atoms with E-state index in [-0.39, 0.29) is 5.91 Å². The lowest BCUT2D eigenvalue weighted by atomic mass is 10.1. The smallest absolute Gasteiger partial charge is 0.255 e. The molecule has 0 fully saturated rings. The van der Waals surface area contributed by atoms with Crippen LogP contribution in [0.3, 0.4) is 0 Å². The summed E-state index contributed by atoms with van der Waals surface area (Å²) in [6, 6.07) is 13.5. The Labute approximate surface area is 134 Å². The van der Waals surface area contributed by atoms with Crippen molar-refractivity contribution in [2.75, 3.05) is 5.32 Å². The molecule has 0 radical (unpaired) electrons. The molecule has 1 amide bonds. The summed E-state index contributed by atoms with van der Waals surface area (Å²) in [7, 11) is 0. The molecule has 4 heteroatoms. The van der Waals surface area contributed by atoms with Crippen LogP contribution in [0.1, 0.15) is 22.8 Å². The topological polar surface area (TPSA) is 29.1 Å². The van der Waals surface area contributed by atoms with Crippen LogP contribution in [0.2, 0.25) is 0 Å². The van der Waals surface area contributed by atoms with Crippen molar-refractivity contribution in [3.05, 3.63) is 61.6 Å². The van der Waals surface area contributed by atoms with Crippen molar-refractivity contribution in [2.24, 2.45) is 0 Å². The van der Waals surface area contributed by atoms with Gasteiger partial charge in [0.1, 0.15) is 0 Å². The van der Waals surface area contributed by atoms with Crippen molar-refractivity contribution < 1.29 is 4.79 Å². The van der Waals surface area contributed by atoms with Crippen molar-refractivity contribution in [1.29, 1.82) is 0 Å². The number of carbonyl (C=O) groups excluding carboxylic acids is 1. The van der Waals surface area contributed by atoms with Crippen LogP contribution in [0, 0.1) is 3.57 Å². The number of hydrogen-bond acceptors (Lipinski definition) is 1. The second-order valence-corrected chi connectivity index (χ2v) is 6.21. The first kappa shape index (κ1) is 14.5. The molecule has 1 N–H and O–H groups in total. The summed E-state index contributed by atoms with van der Waals surface area (Å²) in [6.45, 7) is 2.10. The highest BCUT2D eigenvalue weighted by Gasteiger charge is 2.08. The number of carbonyl (C=O) groups is 1. The molecule has 2 rings (SSSR count). The predicted molar refractivity (Wildman–Crippen MR) is 90.6 cm³/mol. The van der Waals surface area contributed by atoms with Gasteiger partial charge in [-0.05, 0) is 64.9 Å². The van der Waals surface area contributed by atoms with Gasteiger partial charge in [-0.1, -0.05) is 35.0 Å². The van der Waals surface area contributed by atoms with E-state index in [0.717, 1.165) is 20.2 Å². The van der Waals surface area contributed by atoms with Gasteiger partial charge in [0.25, 0.3) is 5.91 Å². The van der Waals surface area contributed by atoms with Gasteiger partial charge in [0.2, 0.25) is 0 Å². The monoisotopic (exact) mass is 429 g/mol. The summed E-state index contributed by atoms with van der Waals surface area (Å²) in [6.07, 6.45) is 0.979. The minimum absolute atomic E-state index is 0.0807. The number of halogens is 2. The van der Waals surface area contributed by atoms with E-state index in [2.05, 4.69) is 50.8 Å². The summed E-state index contributed by atoms with van der Waals surface area (Å²) in [5.41, 5.74) is 2.74. The first-order valence-electron chi connectivity index (χ1n) is 5.95. The quantitative estimate of drug-likeness (QED) is 0.693. The van der Waals surface area contributed by atoms with Gasteiger partial charge in [0.05, 0.1) is 5.69 Å². The highest BCUT2D eigenvalue weighted by atomic mass is 127. The third kappa shape index (κ3) is 3.79. The highest BCUT2D eigenvalue weighted by Crippen LogP contribution is 2.23. The minimum atomic E-state index is -0.0807. The number of hydrogen-bond donors (Lipinski definition) is 1. The SMILES string of the molecule is CCc1ccc(C(=O)Nc2ccc(Br)cc2I)cc1. The van der Waals surface area contributed by atoms with Crippen LogP contribution in [0.5, 0.6) is 0 Å². The van der Waals surface area contributed by atoms with E-state index in [0.29, 0.717) is 5.56 Å². The Morgan fingerprint density at radius 2 is 1.89 bits per heavy atom. The normalized spacial score (nSPS) is 10.3. The van der Waals surface area contributed by atoms with E-state index < -0.39 is 0 Å². The molecule has 0 spiro atoms. The third-order valence-electron chi connectivity index (χ3n) is 2.80. The van der Waals surface area contributed by atoms with E-state index in [1.807, 2.05) is 42.5 Å². The summed E-state index contributed by atoms with van der Waals surface area (Å²) in [5.74, 6) is -0.0807. The Hall–Kier alpha value is -0.880. The van der Waals surface area contributed by atoms with Crippen molar-refractivity contribution in [2.45, 2.75) is 13.3 Å². The lowest BCUT2D eigenvalue weighted by molar-refractivity contribution is 0.102. The first-order valence-corrected chi connectivity index (χ1v) is 7.82. The van der Waals surface area contributed by atoms with Crippen LogP contribution in [-0.2, 0) is 6.42 Å². The molecule has 0 atom stereocenters.